The monoisotopic (exact) mass is 285 g/mol. The molecule has 7 heteroatoms. The largest absolute Gasteiger partial charge is 0.508 e. The van der Waals surface area contributed by atoms with Crippen molar-refractivity contribution in [3.8, 4) is 11.5 Å². The van der Waals surface area contributed by atoms with E-state index in [2.05, 4.69) is 10.2 Å². The molecular weight excluding hydrogens is 274 g/mol. The third-order valence-electron chi connectivity index (χ3n) is 2.93. The SMILES string of the molecule is O=C(O)c1ccn2c(COc3ccc(O)cc3)nnc2c1. The maximum Gasteiger partial charge on any atom is 0.335 e. The number of phenolic OH excluding ortho intramolecular Hbond substituents is 1. The van der Waals surface area contributed by atoms with Gasteiger partial charge in [-0.25, -0.2) is 4.79 Å². The third kappa shape index (κ3) is 2.62. The van der Waals surface area contributed by atoms with Crippen LogP contribution in [-0.2, 0) is 6.61 Å². The molecular formula is C14H11N3O4. The van der Waals surface area contributed by atoms with Crippen LogP contribution in [0.15, 0.2) is 42.6 Å². The Morgan fingerprint density at radius 2 is 1.95 bits per heavy atom. The third-order valence-corrected chi connectivity index (χ3v) is 2.93. The Balaban J connectivity index is 1.81. The van der Waals surface area contributed by atoms with Crippen LogP contribution in [-0.4, -0.2) is 30.8 Å². The van der Waals surface area contributed by atoms with E-state index in [1.54, 1.807) is 22.7 Å². The molecule has 3 aromatic rings. The molecule has 1 aromatic carbocycles. The zero-order valence-electron chi connectivity index (χ0n) is 10.8. The molecule has 106 valence electrons. The first-order valence-corrected chi connectivity index (χ1v) is 6.12. The Hall–Kier alpha value is -3.09. The van der Waals surface area contributed by atoms with Crippen molar-refractivity contribution in [2.24, 2.45) is 0 Å². The molecule has 21 heavy (non-hydrogen) atoms. The molecule has 0 aliphatic carbocycles. The number of rotatable bonds is 4. The summed E-state index contributed by atoms with van der Waals surface area (Å²) in [6, 6.07) is 9.25. The number of hydrogen-bond donors (Lipinski definition) is 2. The molecule has 7 nitrogen and oxygen atoms in total. The van der Waals surface area contributed by atoms with Crippen molar-refractivity contribution < 1.29 is 19.7 Å². The number of carboxylic acids is 1. The van der Waals surface area contributed by atoms with Crippen molar-refractivity contribution in [1.82, 2.24) is 14.6 Å². The lowest BCUT2D eigenvalue weighted by atomic mass is 10.3. The number of carbonyl (C=O) groups is 1. The fourth-order valence-corrected chi connectivity index (χ4v) is 1.86. The van der Waals surface area contributed by atoms with E-state index in [0.29, 0.717) is 17.2 Å². The van der Waals surface area contributed by atoms with Crippen LogP contribution in [0.1, 0.15) is 16.2 Å². The minimum Gasteiger partial charge on any atom is -0.508 e. The van der Waals surface area contributed by atoms with Gasteiger partial charge in [0.2, 0.25) is 0 Å². The second kappa shape index (κ2) is 5.12. The number of hydrogen-bond acceptors (Lipinski definition) is 5. The second-order valence-electron chi connectivity index (χ2n) is 4.35. The molecule has 0 saturated carbocycles. The van der Waals surface area contributed by atoms with E-state index >= 15 is 0 Å². The van der Waals surface area contributed by atoms with E-state index in [-0.39, 0.29) is 17.9 Å². The molecule has 0 unspecified atom stereocenters. The number of carboxylic acid groups (broad SMARTS) is 1. The smallest absolute Gasteiger partial charge is 0.335 e. The fourth-order valence-electron chi connectivity index (χ4n) is 1.86. The number of fused-ring (bicyclic) bond motifs is 1. The summed E-state index contributed by atoms with van der Waals surface area (Å²) in [4.78, 5) is 10.9. The van der Waals surface area contributed by atoms with Gasteiger partial charge in [0.05, 0.1) is 5.56 Å². The summed E-state index contributed by atoms with van der Waals surface area (Å²) in [7, 11) is 0. The zero-order chi connectivity index (χ0) is 14.8. The number of benzene rings is 1. The van der Waals surface area contributed by atoms with Crippen molar-refractivity contribution in [2.45, 2.75) is 6.61 Å². The first-order chi connectivity index (χ1) is 10.1. The maximum atomic E-state index is 10.9. The van der Waals surface area contributed by atoms with Crippen molar-refractivity contribution in [2.75, 3.05) is 0 Å². The average molecular weight is 285 g/mol. The van der Waals surface area contributed by atoms with E-state index < -0.39 is 5.97 Å². The minimum atomic E-state index is -1.01. The molecule has 0 atom stereocenters. The molecule has 0 aliphatic rings. The van der Waals surface area contributed by atoms with Crippen LogP contribution in [0.3, 0.4) is 0 Å². The molecule has 0 aliphatic heterocycles. The van der Waals surface area contributed by atoms with Gasteiger partial charge in [-0.3, -0.25) is 4.40 Å². The lowest BCUT2D eigenvalue weighted by molar-refractivity contribution is 0.0697. The molecule has 2 N–H and O–H groups in total. The van der Waals surface area contributed by atoms with E-state index in [9.17, 15) is 9.90 Å². The summed E-state index contributed by atoms with van der Waals surface area (Å²) in [5.74, 6) is 0.292. The number of ether oxygens (including phenoxy) is 1. The van der Waals surface area contributed by atoms with Crippen LogP contribution in [0.25, 0.3) is 5.65 Å². The number of phenols is 1. The van der Waals surface area contributed by atoms with Gasteiger partial charge >= 0.3 is 5.97 Å². The van der Waals surface area contributed by atoms with Crippen LogP contribution in [0.2, 0.25) is 0 Å². The predicted octanol–water partition coefficient (Wildman–Crippen LogP) is 1.71. The van der Waals surface area contributed by atoms with Crippen molar-refractivity contribution in [1.29, 1.82) is 0 Å². The summed E-state index contributed by atoms with van der Waals surface area (Å²) in [6.45, 7) is 0.179. The summed E-state index contributed by atoms with van der Waals surface area (Å²) < 4.78 is 7.20. The number of aromatic carboxylic acids is 1. The van der Waals surface area contributed by atoms with Crippen LogP contribution < -0.4 is 4.74 Å². The van der Waals surface area contributed by atoms with Crippen LogP contribution in [0.5, 0.6) is 11.5 Å². The highest BCUT2D eigenvalue weighted by atomic mass is 16.5. The number of nitrogens with zero attached hydrogens (tertiary/aromatic N) is 3. The first kappa shape index (κ1) is 12.9. The Bertz CT molecular complexity index is 796. The second-order valence-corrected chi connectivity index (χ2v) is 4.35. The summed E-state index contributed by atoms with van der Waals surface area (Å²) in [5.41, 5.74) is 0.597. The Labute approximate surface area is 119 Å². The average Bonchev–Trinajstić information content (AvgIpc) is 2.89. The van der Waals surface area contributed by atoms with Gasteiger partial charge in [0.15, 0.2) is 11.5 Å². The van der Waals surface area contributed by atoms with E-state index in [1.165, 1.54) is 24.3 Å². The Morgan fingerprint density at radius 3 is 2.67 bits per heavy atom. The molecule has 3 rings (SSSR count). The van der Waals surface area contributed by atoms with Gasteiger partial charge < -0.3 is 14.9 Å². The number of pyridine rings is 1. The Kier molecular flexibility index (Phi) is 3.15. The highest BCUT2D eigenvalue weighted by molar-refractivity contribution is 5.88. The number of aromatic hydroxyl groups is 1. The van der Waals surface area contributed by atoms with Crippen LogP contribution in [0, 0.1) is 0 Å². The van der Waals surface area contributed by atoms with Crippen molar-refractivity contribution in [3.05, 3.63) is 54.0 Å². The molecule has 2 aromatic heterocycles. The lowest BCUT2D eigenvalue weighted by Gasteiger charge is -2.05. The van der Waals surface area contributed by atoms with E-state index in [1.807, 2.05) is 0 Å². The fraction of sp³-hybridized carbons (Fsp3) is 0.0714. The minimum absolute atomic E-state index is 0.154. The van der Waals surface area contributed by atoms with Gasteiger partial charge in [0, 0.05) is 6.20 Å². The van der Waals surface area contributed by atoms with E-state index in [4.69, 9.17) is 9.84 Å². The standard InChI is InChI=1S/C14H11N3O4/c18-10-1-3-11(4-2-10)21-8-13-16-15-12-7-9(14(19)20)5-6-17(12)13/h1-7,18H,8H2,(H,19,20). The van der Waals surface area contributed by atoms with Crippen LogP contribution in [0.4, 0.5) is 0 Å². The van der Waals surface area contributed by atoms with Gasteiger partial charge in [-0.1, -0.05) is 0 Å². The lowest BCUT2D eigenvalue weighted by Crippen LogP contribution is -2.02. The molecule has 0 amide bonds. The molecule has 0 saturated heterocycles. The first-order valence-electron chi connectivity index (χ1n) is 6.12. The topological polar surface area (TPSA) is 97.0 Å². The van der Waals surface area contributed by atoms with Gasteiger partial charge in [0.1, 0.15) is 18.1 Å². The van der Waals surface area contributed by atoms with Crippen molar-refractivity contribution >= 4 is 11.6 Å². The molecule has 0 bridgehead atoms. The zero-order valence-corrected chi connectivity index (χ0v) is 10.8. The summed E-state index contributed by atoms with van der Waals surface area (Å²) >= 11 is 0. The predicted molar refractivity (Wildman–Crippen MR) is 72.4 cm³/mol. The molecule has 0 radical (unpaired) electrons. The van der Waals surface area contributed by atoms with Crippen molar-refractivity contribution in [3.63, 3.8) is 0 Å². The Morgan fingerprint density at radius 1 is 1.19 bits per heavy atom. The number of aromatic nitrogens is 3. The molecule has 2 heterocycles. The normalized spacial score (nSPS) is 10.7. The van der Waals surface area contributed by atoms with Gasteiger partial charge in [-0.15, -0.1) is 10.2 Å². The maximum absolute atomic E-state index is 10.9. The van der Waals surface area contributed by atoms with Gasteiger partial charge in [0.25, 0.3) is 0 Å². The molecule has 0 spiro atoms. The quantitative estimate of drug-likeness (QED) is 0.757. The van der Waals surface area contributed by atoms with E-state index in [0.717, 1.165) is 0 Å². The molecule has 0 fully saturated rings. The van der Waals surface area contributed by atoms with Gasteiger partial charge in [-0.2, -0.15) is 0 Å². The van der Waals surface area contributed by atoms with Crippen LogP contribution >= 0.6 is 0 Å². The summed E-state index contributed by atoms with van der Waals surface area (Å²) in [6.07, 6.45) is 1.59. The van der Waals surface area contributed by atoms with Gasteiger partial charge in [-0.05, 0) is 36.4 Å². The summed E-state index contributed by atoms with van der Waals surface area (Å²) in [5, 5.41) is 26.0. The highest BCUT2D eigenvalue weighted by Gasteiger charge is 2.09. The highest BCUT2D eigenvalue weighted by Crippen LogP contribution is 2.17.